The summed E-state index contributed by atoms with van der Waals surface area (Å²) in [6.45, 7) is 2.14. The largest absolute Gasteiger partial charge is 0.348 e. The number of pyridine rings is 2. The number of hydrogen-bond donors (Lipinski definition) is 2. The van der Waals surface area contributed by atoms with Gasteiger partial charge in [0, 0.05) is 12.7 Å². The van der Waals surface area contributed by atoms with E-state index in [2.05, 4.69) is 5.32 Å². The van der Waals surface area contributed by atoms with Crippen molar-refractivity contribution in [1.82, 2.24) is 19.3 Å². The van der Waals surface area contributed by atoms with Crippen LogP contribution in [0.4, 0.5) is 4.39 Å². The second-order valence-corrected chi connectivity index (χ2v) is 11.1. The summed E-state index contributed by atoms with van der Waals surface area (Å²) in [6, 6.07) is 29.3. The van der Waals surface area contributed by atoms with E-state index in [1.165, 1.54) is 22.6 Å². The van der Waals surface area contributed by atoms with Crippen molar-refractivity contribution in [1.29, 1.82) is 5.41 Å². The molecule has 0 unspecified atom stereocenters. The van der Waals surface area contributed by atoms with Gasteiger partial charge in [-0.3, -0.25) is 24.0 Å². The summed E-state index contributed by atoms with van der Waals surface area (Å²) < 4.78 is 17.0. The van der Waals surface area contributed by atoms with Gasteiger partial charge >= 0.3 is 0 Å². The first kappa shape index (κ1) is 26.5. The highest BCUT2D eigenvalue weighted by molar-refractivity contribution is 5.97. The smallest absolute Gasteiger partial charge is 0.267 e. The summed E-state index contributed by atoms with van der Waals surface area (Å²) >= 11 is 0. The fourth-order valence-electron chi connectivity index (χ4n) is 5.82. The Hall–Kier alpha value is -5.37. The predicted molar refractivity (Wildman–Crippen MR) is 163 cm³/mol. The van der Waals surface area contributed by atoms with Gasteiger partial charge in [-0.2, -0.15) is 0 Å². The quantitative estimate of drug-likeness (QED) is 0.252. The van der Waals surface area contributed by atoms with Crippen molar-refractivity contribution < 1.29 is 9.18 Å². The maximum absolute atomic E-state index is 13.8. The minimum Gasteiger partial charge on any atom is -0.348 e. The summed E-state index contributed by atoms with van der Waals surface area (Å²) in [5.74, 6) is -0.820. The van der Waals surface area contributed by atoms with Crippen LogP contribution < -0.4 is 16.4 Å². The highest BCUT2D eigenvalue weighted by Crippen LogP contribution is 2.49. The van der Waals surface area contributed by atoms with Crippen LogP contribution in [0.1, 0.15) is 39.9 Å². The van der Waals surface area contributed by atoms with Crippen LogP contribution in [0.3, 0.4) is 0 Å². The summed E-state index contributed by atoms with van der Waals surface area (Å²) in [5.41, 5.74) is 4.55. The molecule has 0 aliphatic heterocycles. The zero-order valence-corrected chi connectivity index (χ0v) is 23.5. The monoisotopic (exact) mass is 569 g/mol. The summed E-state index contributed by atoms with van der Waals surface area (Å²) in [5, 5.41) is 12.4. The molecule has 7 nitrogen and oxygen atoms in total. The fourth-order valence-corrected chi connectivity index (χ4v) is 5.82. The van der Waals surface area contributed by atoms with Gasteiger partial charge in [0.25, 0.3) is 11.5 Å². The Morgan fingerprint density at radius 1 is 0.953 bits per heavy atom. The number of carbonyl (C=O) groups is 1. The van der Waals surface area contributed by atoms with E-state index in [1.54, 1.807) is 29.0 Å². The standard InChI is InChI=1S/C35H28FN5O2/c1-22-7-16-30-39-32-29(34(43)40(30)21-22)19-28(31(37)41(32)35(17-18-35)26-12-14-27(36)15-13-26)33(42)38-20-23-8-10-25(11-9-23)24-5-3-2-4-6-24/h2-16,19,21,37H,17-18,20H2,1H3,(H,38,42). The van der Waals surface area contributed by atoms with Crippen LogP contribution in [0.5, 0.6) is 0 Å². The first-order valence-corrected chi connectivity index (χ1v) is 14.2. The number of aromatic nitrogens is 3. The van der Waals surface area contributed by atoms with Crippen molar-refractivity contribution >= 4 is 22.6 Å². The lowest BCUT2D eigenvalue weighted by Crippen LogP contribution is -2.39. The van der Waals surface area contributed by atoms with Gasteiger partial charge in [0.05, 0.1) is 16.5 Å². The number of fused-ring (bicyclic) bond motifs is 2. The van der Waals surface area contributed by atoms with Gasteiger partial charge in [0.1, 0.15) is 22.6 Å². The van der Waals surface area contributed by atoms with Gasteiger partial charge in [-0.25, -0.2) is 9.37 Å². The van der Waals surface area contributed by atoms with E-state index in [-0.39, 0.29) is 34.4 Å². The Bertz CT molecular complexity index is 2150. The Balaban J connectivity index is 1.32. The molecule has 0 spiro atoms. The van der Waals surface area contributed by atoms with Crippen molar-refractivity contribution in [3.05, 3.63) is 147 Å². The van der Waals surface area contributed by atoms with Gasteiger partial charge in [0.15, 0.2) is 0 Å². The van der Waals surface area contributed by atoms with Crippen molar-refractivity contribution in [3.63, 3.8) is 0 Å². The average molecular weight is 570 g/mol. The molecular formula is C35H28FN5O2. The molecule has 2 N–H and O–H groups in total. The SMILES string of the molecule is Cc1ccc2nc3c(cc(C(=O)NCc4ccc(-c5ccccc5)cc4)c(=N)n3C3(c4ccc(F)cc4)CC3)c(=O)n2c1. The molecule has 1 saturated carbocycles. The molecule has 3 heterocycles. The van der Waals surface area contributed by atoms with E-state index in [1.807, 2.05) is 67.6 Å². The van der Waals surface area contributed by atoms with E-state index in [0.29, 0.717) is 24.1 Å². The molecule has 8 heteroatoms. The molecule has 1 aliphatic rings. The molecule has 1 aliphatic carbocycles. The summed E-state index contributed by atoms with van der Waals surface area (Å²) in [4.78, 5) is 32.3. The molecule has 1 amide bonds. The molecule has 1 fully saturated rings. The molecule has 3 aromatic carbocycles. The van der Waals surface area contributed by atoms with Crippen molar-refractivity contribution in [2.45, 2.75) is 31.8 Å². The van der Waals surface area contributed by atoms with Gasteiger partial charge in [-0.1, -0.05) is 72.8 Å². The van der Waals surface area contributed by atoms with Crippen LogP contribution in [0.25, 0.3) is 27.8 Å². The van der Waals surface area contributed by atoms with Crippen molar-refractivity contribution in [3.8, 4) is 11.1 Å². The van der Waals surface area contributed by atoms with Crippen molar-refractivity contribution in [2.24, 2.45) is 0 Å². The molecule has 0 atom stereocenters. The number of rotatable bonds is 6. The number of benzene rings is 3. The van der Waals surface area contributed by atoms with Gasteiger partial charge < -0.3 is 5.32 Å². The Kier molecular flexibility index (Phi) is 6.27. The first-order chi connectivity index (χ1) is 20.8. The van der Waals surface area contributed by atoms with Crippen LogP contribution in [-0.4, -0.2) is 19.9 Å². The third kappa shape index (κ3) is 4.61. The third-order valence-electron chi connectivity index (χ3n) is 8.26. The normalized spacial score (nSPS) is 13.7. The van der Waals surface area contributed by atoms with Crippen LogP contribution in [0.15, 0.2) is 108 Å². The zero-order valence-electron chi connectivity index (χ0n) is 23.5. The van der Waals surface area contributed by atoms with Gasteiger partial charge in [0.2, 0.25) is 0 Å². The molecule has 0 saturated heterocycles. The van der Waals surface area contributed by atoms with E-state index >= 15 is 0 Å². The minimum atomic E-state index is -0.713. The minimum absolute atomic E-state index is 0.0467. The maximum atomic E-state index is 13.8. The lowest BCUT2D eigenvalue weighted by Gasteiger charge is -2.24. The second-order valence-electron chi connectivity index (χ2n) is 11.1. The number of halogens is 1. The Morgan fingerprint density at radius 3 is 2.35 bits per heavy atom. The number of hydrogen-bond acceptors (Lipinski definition) is 4. The number of aryl methyl sites for hydroxylation is 1. The predicted octanol–water partition coefficient (Wildman–Crippen LogP) is 5.71. The molecule has 0 radical (unpaired) electrons. The zero-order chi connectivity index (χ0) is 29.7. The first-order valence-electron chi connectivity index (χ1n) is 14.2. The van der Waals surface area contributed by atoms with Gasteiger partial charge in [-0.15, -0.1) is 0 Å². The molecule has 0 bridgehead atoms. The number of amides is 1. The summed E-state index contributed by atoms with van der Waals surface area (Å²) in [7, 11) is 0. The topological polar surface area (TPSA) is 92.2 Å². The average Bonchev–Trinajstić information content (AvgIpc) is 3.83. The number of nitrogens with zero attached hydrogens (tertiary/aromatic N) is 3. The molecule has 6 aromatic rings. The Labute approximate surface area is 246 Å². The molecular weight excluding hydrogens is 541 g/mol. The molecule has 7 rings (SSSR count). The van der Waals surface area contributed by atoms with E-state index in [4.69, 9.17) is 4.98 Å². The molecule has 3 aromatic heterocycles. The number of carbonyl (C=O) groups excluding carboxylic acids is 1. The molecule has 43 heavy (non-hydrogen) atoms. The van der Waals surface area contributed by atoms with Crippen LogP contribution in [0, 0.1) is 18.2 Å². The molecule has 212 valence electrons. The summed E-state index contributed by atoms with van der Waals surface area (Å²) in [6.07, 6.45) is 3.05. The van der Waals surface area contributed by atoms with E-state index < -0.39 is 11.4 Å². The van der Waals surface area contributed by atoms with Gasteiger partial charge in [-0.05, 0) is 71.8 Å². The maximum Gasteiger partial charge on any atom is 0.267 e. The van der Waals surface area contributed by atoms with Crippen molar-refractivity contribution in [2.75, 3.05) is 0 Å². The van der Waals surface area contributed by atoms with Crippen LogP contribution in [0.2, 0.25) is 0 Å². The fraction of sp³-hybridized carbons (Fsp3) is 0.143. The second kappa shape index (κ2) is 10.2. The van der Waals surface area contributed by atoms with E-state index in [0.717, 1.165) is 27.8 Å². The lowest BCUT2D eigenvalue weighted by molar-refractivity contribution is 0.0948. The Morgan fingerprint density at radius 2 is 1.65 bits per heavy atom. The highest BCUT2D eigenvalue weighted by atomic mass is 19.1. The van der Waals surface area contributed by atoms with Crippen LogP contribution in [-0.2, 0) is 12.1 Å². The number of nitrogens with one attached hydrogen (secondary N) is 2. The lowest BCUT2D eigenvalue weighted by atomic mass is 10.0. The third-order valence-corrected chi connectivity index (χ3v) is 8.26. The van der Waals surface area contributed by atoms with E-state index in [9.17, 15) is 19.4 Å². The highest BCUT2D eigenvalue weighted by Gasteiger charge is 2.48. The van der Waals surface area contributed by atoms with Crippen LogP contribution >= 0.6 is 0 Å².